The zero-order valence-electron chi connectivity index (χ0n) is 18.3. The first kappa shape index (κ1) is 21.0. The van der Waals surface area contributed by atoms with E-state index >= 15 is 0 Å². The standard InChI is InChI=1S/C23H27N3O5/c1-27-18-7-5-6-15(12-18)22-24-23(31-25-22)17-10-11-26(14-17)13-16-8-9-19(28-2)21(30-4)20(16)29-3/h5-9,12,17H,10-11,13-14H2,1-4H3/t17-/m1/s1. The summed E-state index contributed by atoms with van der Waals surface area (Å²) in [6.07, 6.45) is 0.954. The largest absolute Gasteiger partial charge is 0.497 e. The van der Waals surface area contributed by atoms with Crippen LogP contribution in [0.5, 0.6) is 23.0 Å². The highest BCUT2D eigenvalue weighted by Gasteiger charge is 2.29. The van der Waals surface area contributed by atoms with Gasteiger partial charge in [-0.05, 0) is 31.2 Å². The lowest BCUT2D eigenvalue weighted by atomic mass is 10.1. The fraction of sp³-hybridized carbons (Fsp3) is 0.391. The fourth-order valence-corrected chi connectivity index (χ4v) is 3.99. The number of benzene rings is 2. The molecule has 0 saturated carbocycles. The molecule has 0 radical (unpaired) electrons. The smallest absolute Gasteiger partial charge is 0.231 e. The van der Waals surface area contributed by atoms with Crippen molar-refractivity contribution in [1.82, 2.24) is 15.0 Å². The molecule has 1 aliphatic heterocycles. The molecule has 164 valence electrons. The predicted molar refractivity (Wildman–Crippen MR) is 115 cm³/mol. The minimum atomic E-state index is 0.193. The van der Waals surface area contributed by atoms with Crippen LogP contribution in [0.1, 0.15) is 23.8 Å². The second-order valence-corrected chi connectivity index (χ2v) is 7.40. The lowest BCUT2D eigenvalue weighted by Gasteiger charge is -2.20. The Morgan fingerprint density at radius 1 is 1.00 bits per heavy atom. The number of likely N-dealkylation sites (tertiary alicyclic amines) is 1. The van der Waals surface area contributed by atoms with Gasteiger partial charge in [0.1, 0.15) is 5.75 Å². The molecular formula is C23H27N3O5. The van der Waals surface area contributed by atoms with Gasteiger partial charge < -0.3 is 23.5 Å². The molecule has 2 aromatic carbocycles. The maximum Gasteiger partial charge on any atom is 0.231 e. The molecule has 0 N–H and O–H groups in total. The highest BCUT2D eigenvalue weighted by Crippen LogP contribution is 2.41. The maximum atomic E-state index is 5.62. The van der Waals surface area contributed by atoms with E-state index in [9.17, 15) is 0 Å². The molecule has 4 rings (SSSR count). The lowest BCUT2D eigenvalue weighted by Crippen LogP contribution is -2.20. The van der Waals surface area contributed by atoms with E-state index in [2.05, 4.69) is 15.0 Å². The first-order valence-corrected chi connectivity index (χ1v) is 10.1. The summed E-state index contributed by atoms with van der Waals surface area (Å²) in [5, 5.41) is 4.17. The van der Waals surface area contributed by atoms with Crippen LogP contribution in [0.3, 0.4) is 0 Å². The molecule has 2 heterocycles. The van der Waals surface area contributed by atoms with Crippen molar-refractivity contribution < 1.29 is 23.5 Å². The van der Waals surface area contributed by atoms with Crippen LogP contribution < -0.4 is 18.9 Å². The Bertz CT molecular complexity index is 1040. The summed E-state index contributed by atoms with van der Waals surface area (Å²) in [4.78, 5) is 6.99. The zero-order chi connectivity index (χ0) is 21.8. The van der Waals surface area contributed by atoms with Gasteiger partial charge in [-0.3, -0.25) is 4.90 Å². The van der Waals surface area contributed by atoms with Crippen molar-refractivity contribution in [3.8, 4) is 34.4 Å². The van der Waals surface area contributed by atoms with E-state index in [1.54, 1.807) is 28.4 Å². The summed E-state index contributed by atoms with van der Waals surface area (Å²) >= 11 is 0. The van der Waals surface area contributed by atoms with E-state index in [1.807, 2.05) is 36.4 Å². The zero-order valence-corrected chi connectivity index (χ0v) is 18.3. The third-order valence-corrected chi connectivity index (χ3v) is 5.57. The first-order valence-electron chi connectivity index (χ1n) is 10.1. The van der Waals surface area contributed by atoms with Gasteiger partial charge in [-0.25, -0.2) is 0 Å². The molecule has 0 bridgehead atoms. The highest BCUT2D eigenvalue weighted by molar-refractivity contribution is 5.57. The van der Waals surface area contributed by atoms with Crippen molar-refractivity contribution in [2.45, 2.75) is 18.9 Å². The first-order chi connectivity index (χ1) is 15.2. The average Bonchev–Trinajstić information content (AvgIpc) is 3.48. The number of aromatic nitrogens is 2. The van der Waals surface area contributed by atoms with Gasteiger partial charge in [-0.15, -0.1) is 0 Å². The predicted octanol–water partition coefficient (Wildman–Crippen LogP) is 3.76. The third-order valence-electron chi connectivity index (χ3n) is 5.57. The molecule has 1 saturated heterocycles. The van der Waals surface area contributed by atoms with Crippen molar-refractivity contribution in [2.24, 2.45) is 0 Å². The van der Waals surface area contributed by atoms with Gasteiger partial charge in [0, 0.05) is 24.2 Å². The van der Waals surface area contributed by atoms with Crippen LogP contribution in [0.2, 0.25) is 0 Å². The number of nitrogens with zero attached hydrogens (tertiary/aromatic N) is 3. The van der Waals surface area contributed by atoms with Crippen LogP contribution in [0, 0.1) is 0 Å². The van der Waals surface area contributed by atoms with E-state index in [1.165, 1.54) is 0 Å². The van der Waals surface area contributed by atoms with Crippen LogP contribution in [0.15, 0.2) is 40.9 Å². The monoisotopic (exact) mass is 425 g/mol. The van der Waals surface area contributed by atoms with Crippen molar-refractivity contribution in [3.05, 3.63) is 47.9 Å². The molecule has 8 heteroatoms. The minimum Gasteiger partial charge on any atom is -0.497 e. The molecule has 0 aliphatic carbocycles. The van der Waals surface area contributed by atoms with E-state index in [4.69, 9.17) is 23.5 Å². The third kappa shape index (κ3) is 4.29. The molecule has 1 aliphatic rings. The number of methoxy groups -OCH3 is 4. The Morgan fingerprint density at radius 2 is 1.84 bits per heavy atom. The molecule has 8 nitrogen and oxygen atoms in total. The van der Waals surface area contributed by atoms with Crippen LogP contribution >= 0.6 is 0 Å². The second-order valence-electron chi connectivity index (χ2n) is 7.40. The lowest BCUT2D eigenvalue weighted by molar-refractivity contribution is 0.293. The summed E-state index contributed by atoms with van der Waals surface area (Å²) in [6, 6.07) is 11.6. The van der Waals surface area contributed by atoms with Gasteiger partial charge in [0.05, 0.1) is 34.4 Å². The Labute approximate surface area is 181 Å². The molecule has 31 heavy (non-hydrogen) atoms. The topological polar surface area (TPSA) is 79.1 Å². The fourth-order valence-electron chi connectivity index (χ4n) is 3.99. The number of hydrogen-bond acceptors (Lipinski definition) is 8. The second kappa shape index (κ2) is 9.26. The van der Waals surface area contributed by atoms with Crippen LogP contribution in [0.4, 0.5) is 0 Å². The van der Waals surface area contributed by atoms with Crippen LogP contribution in [-0.4, -0.2) is 56.6 Å². The normalized spacial score (nSPS) is 16.3. The van der Waals surface area contributed by atoms with Gasteiger partial charge >= 0.3 is 0 Å². The molecule has 1 fully saturated rings. The van der Waals surface area contributed by atoms with Crippen LogP contribution in [-0.2, 0) is 6.54 Å². The summed E-state index contributed by atoms with van der Waals surface area (Å²) in [5.41, 5.74) is 1.92. The molecular weight excluding hydrogens is 398 g/mol. The Balaban J connectivity index is 1.46. The van der Waals surface area contributed by atoms with E-state index < -0.39 is 0 Å². The van der Waals surface area contributed by atoms with Crippen molar-refractivity contribution >= 4 is 0 Å². The summed E-state index contributed by atoms with van der Waals surface area (Å²) in [5.74, 6) is 4.16. The average molecular weight is 425 g/mol. The maximum absolute atomic E-state index is 5.62. The van der Waals surface area contributed by atoms with E-state index in [0.29, 0.717) is 29.0 Å². The van der Waals surface area contributed by atoms with E-state index in [-0.39, 0.29) is 5.92 Å². The minimum absolute atomic E-state index is 0.193. The van der Waals surface area contributed by atoms with Crippen molar-refractivity contribution in [1.29, 1.82) is 0 Å². The van der Waals surface area contributed by atoms with E-state index in [0.717, 1.165) is 42.9 Å². The van der Waals surface area contributed by atoms with Gasteiger partial charge in [0.2, 0.25) is 17.5 Å². The van der Waals surface area contributed by atoms with Gasteiger partial charge in [0.15, 0.2) is 11.5 Å². The molecule has 3 aromatic rings. The molecule has 0 spiro atoms. The summed E-state index contributed by atoms with van der Waals surface area (Å²) in [6.45, 7) is 2.49. The molecule has 1 aromatic heterocycles. The van der Waals surface area contributed by atoms with Gasteiger partial charge in [-0.1, -0.05) is 23.4 Å². The Kier molecular flexibility index (Phi) is 6.27. The summed E-state index contributed by atoms with van der Waals surface area (Å²) < 4.78 is 27.4. The molecule has 0 unspecified atom stereocenters. The van der Waals surface area contributed by atoms with Gasteiger partial charge in [-0.2, -0.15) is 4.98 Å². The van der Waals surface area contributed by atoms with Crippen molar-refractivity contribution in [2.75, 3.05) is 41.5 Å². The highest BCUT2D eigenvalue weighted by atomic mass is 16.5. The quantitative estimate of drug-likeness (QED) is 0.540. The molecule has 1 atom stereocenters. The number of ether oxygens (including phenoxy) is 4. The Hall–Kier alpha value is -3.26. The summed E-state index contributed by atoms with van der Waals surface area (Å²) in [7, 11) is 6.52. The SMILES string of the molecule is COc1cccc(-c2noc([C@@H]3CCN(Cc4ccc(OC)c(OC)c4OC)C3)n2)c1. The Morgan fingerprint density at radius 3 is 2.58 bits per heavy atom. The number of hydrogen-bond donors (Lipinski definition) is 0. The molecule has 0 amide bonds. The van der Waals surface area contributed by atoms with Crippen molar-refractivity contribution in [3.63, 3.8) is 0 Å². The van der Waals surface area contributed by atoms with Crippen LogP contribution in [0.25, 0.3) is 11.4 Å². The number of rotatable bonds is 8. The van der Waals surface area contributed by atoms with Gasteiger partial charge in [0.25, 0.3) is 0 Å².